The molecule has 0 atom stereocenters. The Labute approximate surface area is 190 Å². The minimum Gasteiger partial charge on any atom is -0.343 e. The number of likely N-dealkylation sites (tertiary alicyclic amines) is 1. The van der Waals surface area contributed by atoms with Gasteiger partial charge in [-0.25, -0.2) is 8.42 Å². The maximum Gasteiger partial charge on any atom is 0.253 e. The highest BCUT2D eigenvalue weighted by Crippen LogP contribution is 2.29. The van der Waals surface area contributed by atoms with Gasteiger partial charge in [0.15, 0.2) is 0 Å². The first-order valence-electron chi connectivity index (χ1n) is 11.2. The lowest BCUT2D eigenvalue weighted by Crippen LogP contribution is -2.44. The fraction of sp³-hybridized carbons (Fsp3) is 0.636. The number of halogens is 1. The lowest BCUT2D eigenvalue weighted by Gasteiger charge is -2.34. The van der Waals surface area contributed by atoms with Crippen molar-refractivity contribution in [1.82, 2.24) is 14.1 Å². The van der Waals surface area contributed by atoms with E-state index in [2.05, 4.69) is 0 Å². The van der Waals surface area contributed by atoms with Crippen LogP contribution in [0.25, 0.3) is 0 Å². The molecule has 9 heteroatoms. The number of amides is 2. The van der Waals surface area contributed by atoms with E-state index in [0.29, 0.717) is 57.7 Å². The second-order valence-corrected chi connectivity index (χ2v) is 10.5. The molecule has 172 valence electrons. The molecule has 1 aromatic rings. The smallest absolute Gasteiger partial charge is 0.253 e. The SMILES string of the molecule is CCN(CC)C(=O)C1CCN(C(=O)c2ccc(Cl)c(S(=O)(=O)N3CCCCC3)c2)CC1. The molecule has 2 aliphatic rings. The third-order valence-corrected chi connectivity index (χ3v) is 8.70. The highest BCUT2D eigenvalue weighted by atomic mass is 35.5. The van der Waals surface area contributed by atoms with E-state index in [4.69, 9.17) is 11.6 Å². The predicted molar refractivity (Wildman–Crippen MR) is 121 cm³/mol. The second-order valence-electron chi connectivity index (χ2n) is 8.19. The summed E-state index contributed by atoms with van der Waals surface area (Å²) in [5.41, 5.74) is 0.313. The van der Waals surface area contributed by atoms with Crippen LogP contribution < -0.4 is 0 Å². The van der Waals surface area contributed by atoms with E-state index in [-0.39, 0.29) is 27.7 Å². The first kappa shape index (κ1) is 24.0. The van der Waals surface area contributed by atoms with Crippen molar-refractivity contribution in [3.8, 4) is 0 Å². The summed E-state index contributed by atoms with van der Waals surface area (Å²) in [5, 5.41) is 0.130. The number of piperidine rings is 2. The Morgan fingerprint density at radius 1 is 1.03 bits per heavy atom. The molecule has 2 aliphatic heterocycles. The zero-order valence-corrected chi connectivity index (χ0v) is 19.9. The summed E-state index contributed by atoms with van der Waals surface area (Å²) in [6, 6.07) is 4.47. The summed E-state index contributed by atoms with van der Waals surface area (Å²) in [6.45, 7) is 7.23. The predicted octanol–water partition coefficient (Wildman–Crippen LogP) is 3.24. The largest absolute Gasteiger partial charge is 0.343 e. The Morgan fingerprint density at radius 3 is 2.23 bits per heavy atom. The Balaban J connectivity index is 1.72. The highest BCUT2D eigenvalue weighted by Gasteiger charge is 2.32. The van der Waals surface area contributed by atoms with Gasteiger partial charge in [-0.05, 0) is 57.7 Å². The second kappa shape index (κ2) is 10.3. The van der Waals surface area contributed by atoms with Crippen molar-refractivity contribution in [3.63, 3.8) is 0 Å². The van der Waals surface area contributed by atoms with Gasteiger partial charge >= 0.3 is 0 Å². The molecule has 2 amide bonds. The Bertz CT molecular complexity index is 903. The third kappa shape index (κ3) is 5.23. The number of benzene rings is 1. The normalized spacial score (nSPS) is 18.7. The summed E-state index contributed by atoms with van der Waals surface area (Å²) in [4.78, 5) is 29.2. The van der Waals surface area contributed by atoms with Crippen molar-refractivity contribution >= 4 is 33.4 Å². The molecule has 2 heterocycles. The van der Waals surface area contributed by atoms with Gasteiger partial charge in [0.25, 0.3) is 5.91 Å². The lowest BCUT2D eigenvalue weighted by molar-refractivity contribution is -0.136. The molecule has 0 spiro atoms. The zero-order chi connectivity index (χ0) is 22.6. The fourth-order valence-corrected chi connectivity index (χ4v) is 6.40. The fourth-order valence-electron chi connectivity index (χ4n) is 4.38. The minimum absolute atomic E-state index is 0.00601. The van der Waals surface area contributed by atoms with Crippen LogP contribution >= 0.6 is 11.6 Å². The lowest BCUT2D eigenvalue weighted by atomic mass is 9.94. The molecule has 0 radical (unpaired) electrons. The molecule has 3 rings (SSSR count). The molecule has 0 aliphatic carbocycles. The third-order valence-electron chi connectivity index (χ3n) is 6.32. The number of rotatable bonds is 6. The van der Waals surface area contributed by atoms with Crippen LogP contribution in [0.3, 0.4) is 0 Å². The zero-order valence-electron chi connectivity index (χ0n) is 18.3. The van der Waals surface area contributed by atoms with Gasteiger partial charge in [0, 0.05) is 50.7 Å². The molecule has 31 heavy (non-hydrogen) atoms. The first-order valence-corrected chi connectivity index (χ1v) is 13.0. The minimum atomic E-state index is -3.73. The van der Waals surface area contributed by atoms with Gasteiger partial charge in [-0.2, -0.15) is 4.31 Å². The van der Waals surface area contributed by atoms with Crippen LogP contribution in [0.4, 0.5) is 0 Å². The van der Waals surface area contributed by atoms with Gasteiger partial charge in [-0.1, -0.05) is 18.0 Å². The quantitative estimate of drug-likeness (QED) is 0.640. The number of hydrogen-bond donors (Lipinski definition) is 0. The maximum atomic E-state index is 13.1. The van der Waals surface area contributed by atoms with E-state index >= 15 is 0 Å². The number of sulfonamides is 1. The summed E-state index contributed by atoms with van der Waals surface area (Å²) < 4.78 is 27.6. The van der Waals surface area contributed by atoms with E-state index in [9.17, 15) is 18.0 Å². The molecule has 0 aromatic heterocycles. The van der Waals surface area contributed by atoms with Crippen molar-refractivity contribution in [3.05, 3.63) is 28.8 Å². The number of carbonyl (C=O) groups excluding carboxylic acids is 2. The van der Waals surface area contributed by atoms with Crippen molar-refractivity contribution in [1.29, 1.82) is 0 Å². The summed E-state index contributed by atoms with van der Waals surface area (Å²) in [6.07, 6.45) is 3.92. The van der Waals surface area contributed by atoms with Crippen molar-refractivity contribution in [2.75, 3.05) is 39.3 Å². The van der Waals surface area contributed by atoms with Crippen LogP contribution in [-0.4, -0.2) is 73.6 Å². The topological polar surface area (TPSA) is 78.0 Å². The monoisotopic (exact) mass is 469 g/mol. The summed E-state index contributed by atoms with van der Waals surface area (Å²) in [5.74, 6) is -0.136. The Morgan fingerprint density at radius 2 is 1.65 bits per heavy atom. The number of carbonyl (C=O) groups is 2. The van der Waals surface area contributed by atoms with Crippen LogP contribution in [0, 0.1) is 5.92 Å². The van der Waals surface area contributed by atoms with Crippen LogP contribution in [-0.2, 0) is 14.8 Å². The molecule has 7 nitrogen and oxygen atoms in total. The van der Waals surface area contributed by atoms with E-state index < -0.39 is 10.0 Å². The molecular weight excluding hydrogens is 438 g/mol. The maximum absolute atomic E-state index is 13.1. The standard InChI is InChI=1S/C22H32ClN3O4S/c1-3-24(4-2)21(27)17-10-14-25(15-11-17)22(28)18-8-9-19(23)20(16-18)31(29,30)26-12-6-5-7-13-26/h8-9,16-17H,3-7,10-15H2,1-2H3. The van der Waals surface area contributed by atoms with Crippen LogP contribution in [0.1, 0.15) is 56.3 Å². The molecule has 0 N–H and O–H groups in total. The Hall–Kier alpha value is -1.64. The average Bonchev–Trinajstić information content (AvgIpc) is 2.80. The summed E-state index contributed by atoms with van der Waals surface area (Å²) >= 11 is 6.23. The number of hydrogen-bond acceptors (Lipinski definition) is 4. The molecule has 0 unspecified atom stereocenters. The molecule has 0 saturated carbocycles. The molecular formula is C22H32ClN3O4S. The van der Waals surface area contributed by atoms with Gasteiger partial charge in [0.05, 0.1) is 5.02 Å². The number of nitrogens with zero attached hydrogens (tertiary/aromatic N) is 3. The van der Waals surface area contributed by atoms with Crippen LogP contribution in [0.15, 0.2) is 23.1 Å². The van der Waals surface area contributed by atoms with Crippen LogP contribution in [0.5, 0.6) is 0 Å². The van der Waals surface area contributed by atoms with Gasteiger partial charge in [0.1, 0.15) is 4.90 Å². The molecule has 0 bridgehead atoms. The van der Waals surface area contributed by atoms with Gasteiger partial charge < -0.3 is 9.80 Å². The average molecular weight is 470 g/mol. The van der Waals surface area contributed by atoms with Gasteiger partial charge in [-0.15, -0.1) is 0 Å². The van der Waals surface area contributed by atoms with E-state index in [1.165, 1.54) is 16.4 Å². The van der Waals surface area contributed by atoms with Crippen molar-refractivity contribution < 1.29 is 18.0 Å². The van der Waals surface area contributed by atoms with Gasteiger partial charge in [-0.3, -0.25) is 9.59 Å². The summed E-state index contributed by atoms with van der Waals surface area (Å²) in [7, 11) is -3.73. The van der Waals surface area contributed by atoms with E-state index in [1.807, 2.05) is 18.7 Å². The first-order chi connectivity index (χ1) is 14.8. The van der Waals surface area contributed by atoms with Gasteiger partial charge in [0.2, 0.25) is 15.9 Å². The molecule has 2 saturated heterocycles. The van der Waals surface area contributed by atoms with E-state index in [1.54, 1.807) is 11.0 Å². The van der Waals surface area contributed by atoms with E-state index in [0.717, 1.165) is 19.3 Å². The highest BCUT2D eigenvalue weighted by molar-refractivity contribution is 7.89. The van der Waals surface area contributed by atoms with Crippen LogP contribution in [0.2, 0.25) is 5.02 Å². The van der Waals surface area contributed by atoms with Crippen molar-refractivity contribution in [2.24, 2.45) is 5.92 Å². The van der Waals surface area contributed by atoms with Crippen molar-refractivity contribution in [2.45, 2.75) is 50.8 Å². The molecule has 1 aromatic carbocycles. The Kier molecular flexibility index (Phi) is 7.99. The molecule has 2 fully saturated rings.